The van der Waals surface area contributed by atoms with Crippen molar-refractivity contribution in [1.29, 1.82) is 0 Å². The number of esters is 1. The van der Waals surface area contributed by atoms with E-state index in [1.54, 1.807) is 12.1 Å². The molecule has 0 fully saturated rings. The summed E-state index contributed by atoms with van der Waals surface area (Å²) in [6.45, 7) is 0.735. The predicted molar refractivity (Wildman–Crippen MR) is 95.8 cm³/mol. The number of ether oxygens (including phenoxy) is 1. The molecule has 10 heteroatoms. The number of thiocarbonyl (C=S) groups is 1. The summed E-state index contributed by atoms with van der Waals surface area (Å²) in [7, 11) is 0. The lowest BCUT2D eigenvalue weighted by atomic mass is 10.1. The summed E-state index contributed by atoms with van der Waals surface area (Å²) in [4.78, 5) is 38.6. The molecule has 140 valence electrons. The summed E-state index contributed by atoms with van der Waals surface area (Å²) in [5, 5.41) is 20.0. The van der Waals surface area contributed by atoms with Gasteiger partial charge in [-0.1, -0.05) is 0 Å². The smallest absolute Gasteiger partial charge is 0.328 e. The third kappa shape index (κ3) is 7.49. The molecular formula is C16H19N3O6S. The van der Waals surface area contributed by atoms with Crippen LogP contribution in [0.25, 0.3) is 0 Å². The number of carbonyl (C=O) groups is 3. The number of aliphatic imine (C=N–C) groups is 1. The highest BCUT2D eigenvalue weighted by atomic mass is 32.1. The van der Waals surface area contributed by atoms with Gasteiger partial charge >= 0.3 is 17.9 Å². The molecule has 0 saturated heterocycles. The Bertz CT molecular complexity index is 715. The van der Waals surface area contributed by atoms with E-state index in [4.69, 9.17) is 20.7 Å². The van der Waals surface area contributed by atoms with E-state index in [1.165, 1.54) is 17.9 Å². The molecule has 0 heterocycles. The van der Waals surface area contributed by atoms with Gasteiger partial charge in [-0.25, -0.2) is 4.79 Å². The van der Waals surface area contributed by atoms with Gasteiger partial charge in [-0.2, -0.15) is 4.99 Å². The molecule has 1 aromatic carbocycles. The Morgan fingerprint density at radius 2 is 1.92 bits per heavy atom. The fourth-order valence-corrected chi connectivity index (χ4v) is 2.16. The van der Waals surface area contributed by atoms with Gasteiger partial charge in [-0.05, 0) is 49.3 Å². The van der Waals surface area contributed by atoms with Gasteiger partial charge in [0.1, 0.15) is 11.8 Å². The molecule has 0 unspecified atom stereocenters. The number of carboxylic acid groups (broad SMARTS) is 2. The average molecular weight is 381 g/mol. The lowest BCUT2D eigenvalue weighted by Crippen LogP contribution is -2.36. The quantitative estimate of drug-likeness (QED) is 0.231. The van der Waals surface area contributed by atoms with E-state index in [9.17, 15) is 14.4 Å². The molecule has 0 bridgehead atoms. The van der Waals surface area contributed by atoms with Crippen molar-refractivity contribution in [2.75, 3.05) is 19.6 Å². The van der Waals surface area contributed by atoms with Crippen LogP contribution in [0.15, 0.2) is 23.2 Å². The van der Waals surface area contributed by atoms with Crippen LogP contribution >= 0.6 is 12.2 Å². The summed E-state index contributed by atoms with van der Waals surface area (Å²) in [5.74, 6) is -2.69. The molecule has 1 aromatic rings. The summed E-state index contributed by atoms with van der Waals surface area (Å²) < 4.78 is 5.23. The van der Waals surface area contributed by atoms with E-state index in [-0.39, 0.29) is 18.7 Å². The van der Waals surface area contributed by atoms with E-state index in [1.807, 2.05) is 0 Å². The number of hydrogen-bond acceptors (Lipinski definition) is 8. The number of nitrogens with zero attached hydrogens (tertiary/aromatic N) is 2. The molecule has 0 saturated carbocycles. The Hall–Kier alpha value is -2.65. The van der Waals surface area contributed by atoms with Crippen LogP contribution in [0, 0.1) is 0 Å². The van der Waals surface area contributed by atoms with E-state index < -0.39 is 37.0 Å². The van der Waals surface area contributed by atoms with Gasteiger partial charge in [0.25, 0.3) is 0 Å². The largest absolute Gasteiger partial charge is 0.480 e. The normalized spacial score (nSPS) is 11.5. The van der Waals surface area contributed by atoms with Crippen LogP contribution in [0.1, 0.15) is 12.5 Å². The first-order valence-electron chi connectivity index (χ1n) is 7.57. The number of hydrogen-bond donors (Lipinski definition) is 3. The number of benzene rings is 1. The van der Waals surface area contributed by atoms with Crippen LogP contribution < -0.4 is 10.5 Å². The molecule has 0 radical (unpaired) electrons. The molecular weight excluding hydrogens is 362 g/mol. The van der Waals surface area contributed by atoms with Crippen molar-refractivity contribution in [3.05, 3.63) is 23.8 Å². The second-order valence-electron chi connectivity index (χ2n) is 5.45. The van der Waals surface area contributed by atoms with Crippen molar-refractivity contribution in [1.82, 2.24) is 4.90 Å². The fourth-order valence-electron chi connectivity index (χ4n) is 2.06. The molecule has 0 spiro atoms. The zero-order valence-corrected chi connectivity index (χ0v) is 14.9. The van der Waals surface area contributed by atoms with Gasteiger partial charge in [0.2, 0.25) is 0 Å². The molecule has 0 aliphatic rings. The third-order valence-electron chi connectivity index (χ3n) is 3.22. The second kappa shape index (κ2) is 10.4. The highest BCUT2D eigenvalue weighted by Crippen LogP contribution is 2.25. The van der Waals surface area contributed by atoms with E-state index in [0.717, 1.165) is 0 Å². The number of rotatable bonds is 10. The Balaban J connectivity index is 3.03. The zero-order valence-electron chi connectivity index (χ0n) is 14.0. The van der Waals surface area contributed by atoms with Crippen molar-refractivity contribution in [3.8, 4) is 5.75 Å². The number of isothiocyanates is 1. The number of aliphatic carboxylic acids is 2. The van der Waals surface area contributed by atoms with Gasteiger partial charge in [-0.3, -0.25) is 14.5 Å². The number of carbonyl (C=O) groups excluding carboxylic acids is 1. The Morgan fingerprint density at radius 1 is 1.31 bits per heavy atom. The maximum atomic E-state index is 11.7. The lowest BCUT2D eigenvalue weighted by molar-refractivity contribution is -0.141. The van der Waals surface area contributed by atoms with E-state index in [2.05, 4.69) is 22.4 Å². The van der Waals surface area contributed by atoms with Crippen LogP contribution in [0.2, 0.25) is 0 Å². The van der Waals surface area contributed by atoms with E-state index >= 15 is 0 Å². The minimum atomic E-state index is -1.14. The molecule has 0 aliphatic carbocycles. The zero-order chi connectivity index (χ0) is 19.7. The van der Waals surface area contributed by atoms with Gasteiger partial charge in [0.05, 0.1) is 23.9 Å². The molecule has 4 N–H and O–H groups in total. The summed E-state index contributed by atoms with van der Waals surface area (Å²) in [6.07, 6.45) is 0.225. The van der Waals surface area contributed by atoms with Gasteiger partial charge in [-0.15, -0.1) is 0 Å². The molecule has 1 atom stereocenters. The highest BCUT2D eigenvalue weighted by molar-refractivity contribution is 7.78. The van der Waals surface area contributed by atoms with E-state index in [0.29, 0.717) is 11.3 Å². The minimum Gasteiger partial charge on any atom is -0.480 e. The van der Waals surface area contributed by atoms with Crippen molar-refractivity contribution >= 4 is 41.0 Å². The van der Waals surface area contributed by atoms with Gasteiger partial charge in [0.15, 0.2) is 0 Å². The van der Waals surface area contributed by atoms with Crippen LogP contribution in [-0.4, -0.2) is 63.9 Å². The maximum Gasteiger partial charge on any atom is 0.328 e. The van der Waals surface area contributed by atoms with Crippen molar-refractivity contribution in [2.45, 2.75) is 19.4 Å². The Labute approximate surface area is 155 Å². The summed E-state index contributed by atoms with van der Waals surface area (Å²) in [6, 6.07) is 3.86. The SMILES string of the molecule is C[C@H](N)C(=O)Oc1ccc(N=C=S)cc1CCN(CC(=O)O)CC(=O)O. The van der Waals surface area contributed by atoms with Crippen molar-refractivity contribution in [3.63, 3.8) is 0 Å². The molecule has 9 nitrogen and oxygen atoms in total. The first-order valence-corrected chi connectivity index (χ1v) is 7.97. The van der Waals surface area contributed by atoms with Gasteiger partial charge in [0, 0.05) is 6.54 Å². The number of nitrogens with two attached hydrogens (primary N) is 1. The Kier molecular flexibility index (Phi) is 8.53. The number of carboxylic acids is 2. The van der Waals surface area contributed by atoms with Crippen LogP contribution in [0.4, 0.5) is 5.69 Å². The Morgan fingerprint density at radius 3 is 2.42 bits per heavy atom. The van der Waals surface area contributed by atoms with Crippen LogP contribution in [0.5, 0.6) is 5.75 Å². The third-order valence-corrected chi connectivity index (χ3v) is 3.31. The van der Waals surface area contributed by atoms with Crippen molar-refractivity contribution < 1.29 is 29.3 Å². The summed E-state index contributed by atoms with van der Waals surface area (Å²) >= 11 is 4.56. The second-order valence-corrected chi connectivity index (χ2v) is 5.64. The van der Waals surface area contributed by atoms with Gasteiger partial charge < -0.3 is 20.7 Å². The topological polar surface area (TPSA) is 143 Å². The van der Waals surface area contributed by atoms with Crippen molar-refractivity contribution in [2.24, 2.45) is 10.7 Å². The highest BCUT2D eigenvalue weighted by Gasteiger charge is 2.17. The lowest BCUT2D eigenvalue weighted by Gasteiger charge is -2.19. The standard InChI is InChI=1S/C16H19N3O6S/c1-10(17)16(24)25-13-3-2-12(18-9-26)6-11(13)4-5-19(7-14(20)21)8-15(22)23/h2-3,6,10H,4-5,7-8,17H2,1H3,(H,20,21)(H,22,23)/t10-/m0/s1. The average Bonchev–Trinajstić information content (AvgIpc) is 2.53. The van der Waals surface area contributed by atoms with Crippen LogP contribution in [-0.2, 0) is 20.8 Å². The summed E-state index contributed by atoms with van der Waals surface area (Å²) in [5.41, 5.74) is 6.49. The first-order chi connectivity index (χ1) is 12.2. The molecule has 1 rings (SSSR count). The fraction of sp³-hybridized carbons (Fsp3) is 0.375. The predicted octanol–water partition coefficient (Wildman–Crippen LogP) is 0.687. The maximum absolute atomic E-state index is 11.7. The monoisotopic (exact) mass is 381 g/mol. The van der Waals surface area contributed by atoms with Crippen LogP contribution in [0.3, 0.4) is 0 Å². The minimum absolute atomic E-state index is 0.117. The molecule has 0 amide bonds. The molecule has 26 heavy (non-hydrogen) atoms. The molecule has 0 aromatic heterocycles. The first kappa shape index (κ1) is 21.4. The molecule has 0 aliphatic heterocycles.